The molecule has 0 heteroatoms. The highest BCUT2D eigenvalue weighted by Gasteiger charge is 2.53. The van der Waals surface area contributed by atoms with Crippen LogP contribution in [0.5, 0.6) is 0 Å². The lowest BCUT2D eigenvalue weighted by Gasteiger charge is -2.58. The molecule has 0 aliphatic heterocycles. The van der Waals surface area contributed by atoms with Crippen LogP contribution in [0.4, 0.5) is 0 Å². The third kappa shape index (κ3) is 3.22. The summed E-state index contributed by atoms with van der Waals surface area (Å²) in [5.41, 5.74) is 5.44. The molecule has 0 radical (unpaired) electrons. The quantitative estimate of drug-likeness (QED) is 0.485. The van der Waals surface area contributed by atoms with E-state index in [0.717, 1.165) is 0 Å². The number of rotatable bonds is 4. The molecule has 8 unspecified atom stereocenters. The van der Waals surface area contributed by atoms with Gasteiger partial charge in [-0.05, 0) is 87.9 Å². The molecular formula is C24H38. The summed E-state index contributed by atoms with van der Waals surface area (Å²) in [4.78, 5) is 0. The van der Waals surface area contributed by atoms with Gasteiger partial charge in [0.2, 0.25) is 0 Å². The molecule has 0 heterocycles. The van der Waals surface area contributed by atoms with E-state index in [0.29, 0.717) is 47.3 Å². The second-order valence-corrected chi connectivity index (χ2v) is 9.23. The van der Waals surface area contributed by atoms with Crippen molar-refractivity contribution in [3.05, 3.63) is 48.6 Å². The van der Waals surface area contributed by atoms with E-state index in [2.05, 4.69) is 67.9 Å². The third-order valence-electron chi connectivity index (χ3n) is 7.08. The highest BCUT2D eigenvalue weighted by atomic mass is 14.6. The van der Waals surface area contributed by atoms with E-state index in [4.69, 9.17) is 0 Å². The monoisotopic (exact) mass is 326 g/mol. The first-order chi connectivity index (χ1) is 11.1. The molecule has 0 aromatic rings. The Morgan fingerprint density at radius 2 is 0.875 bits per heavy atom. The Morgan fingerprint density at radius 3 is 1.08 bits per heavy atom. The van der Waals surface area contributed by atoms with Gasteiger partial charge in [-0.25, -0.2) is 0 Å². The zero-order chi connectivity index (χ0) is 18.3. The van der Waals surface area contributed by atoms with Crippen LogP contribution >= 0.6 is 0 Å². The summed E-state index contributed by atoms with van der Waals surface area (Å²) < 4.78 is 0. The zero-order valence-corrected chi connectivity index (χ0v) is 16.9. The van der Waals surface area contributed by atoms with Crippen molar-refractivity contribution in [2.75, 3.05) is 0 Å². The maximum Gasteiger partial charge on any atom is -0.0146 e. The molecule has 2 fully saturated rings. The van der Waals surface area contributed by atoms with Crippen molar-refractivity contribution in [2.24, 2.45) is 47.3 Å². The van der Waals surface area contributed by atoms with Crippen molar-refractivity contribution in [3.8, 4) is 0 Å². The first-order valence-corrected chi connectivity index (χ1v) is 9.69. The van der Waals surface area contributed by atoms with Gasteiger partial charge in [0.15, 0.2) is 0 Å². The lowest BCUT2D eigenvalue weighted by Crippen LogP contribution is -2.52. The van der Waals surface area contributed by atoms with E-state index in [9.17, 15) is 0 Å². The molecule has 2 saturated carbocycles. The Hall–Kier alpha value is -1.04. The molecule has 2 aliphatic carbocycles. The van der Waals surface area contributed by atoms with E-state index in [1.54, 1.807) is 0 Å². The summed E-state index contributed by atoms with van der Waals surface area (Å²) in [6.45, 7) is 31.4. The Labute approximate surface area is 150 Å². The first kappa shape index (κ1) is 19.3. The predicted molar refractivity (Wildman–Crippen MR) is 108 cm³/mol. The molecule has 2 rings (SSSR count). The van der Waals surface area contributed by atoms with Crippen LogP contribution < -0.4 is 0 Å². The summed E-state index contributed by atoms with van der Waals surface area (Å²) in [5, 5.41) is 0. The number of fused-ring (bicyclic) bond motifs is 1. The molecular weight excluding hydrogens is 288 g/mol. The molecule has 134 valence electrons. The van der Waals surface area contributed by atoms with E-state index in [1.807, 2.05) is 0 Å². The number of hydrogen-bond acceptors (Lipinski definition) is 0. The van der Waals surface area contributed by atoms with E-state index in [-0.39, 0.29) is 0 Å². The second kappa shape index (κ2) is 7.06. The van der Waals surface area contributed by atoms with Gasteiger partial charge in [0.05, 0.1) is 0 Å². The highest BCUT2D eigenvalue weighted by Crippen LogP contribution is 2.60. The Bertz CT molecular complexity index is 498. The van der Waals surface area contributed by atoms with Crippen LogP contribution in [0.25, 0.3) is 0 Å². The van der Waals surface area contributed by atoms with Gasteiger partial charge in [-0.15, -0.1) is 0 Å². The van der Waals surface area contributed by atoms with Crippen LogP contribution in [0.15, 0.2) is 48.6 Å². The number of hydrogen-bond donors (Lipinski definition) is 0. The molecule has 0 aromatic carbocycles. The molecule has 0 nitrogen and oxygen atoms in total. The van der Waals surface area contributed by atoms with Gasteiger partial charge in [0, 0.05) is 0 Å². The van der Waals surface area contributed by atoms with Gasteiger partial charge >= 0.3 is 0 Å². The van der Waals surface area contributed by atoms with E-state index < -0.39 is 0 Å². The lowest BCUT2D eigenvalue weighted by molar-refractivity contribution is -0.0347. The van der Waals surface area contributed by atoms with Crippen LogP contribution in [0.2, 0.25) is 0 Å². The van der Waals surface area contributed by atoms with Crippen LogP contribution in [-0.4, -0.2) is 0 Å². The summed E-state index contributed by atoms with van der Waals surface area (Å²) >= 11 is 0. The summed E-state index contributed by atoms with van der Waals surface area (Å²) in [7, 11) is 0. The predicted octanol–water partition coefficient (Wildman–Crippen LogP) is 7.07. The van der Waals surface area contributed by atoms with E-state index >= 15 is 0 Å². The minimum atomic E-state index is 0.599. The van der Waals surface area contributed by atoms with Crippen molar-refractivity contribution in [1.82, 2.24) is 0 Å². The average molecular weight is 327 g/mol. The third-order valence-corrected chi connectivity index (χ3v) is 7.08. The summed E-state index contributed by atoms with van der Waals surface area (Å²) in [6.07, 6.45) is 2.49. The maximum absolute atomic E-state index is 4.40. The maximum atomic E-state index is 4.40. The summed E-state index contributed by atoms with van der Waals surface area (Å²) in [6, 6.07) is 0. The van der Waals surface area contributed by atoms with Gasteiger partial charge in [0.25, 0.3) is 0 Å². The van der Waals surface area contributed by atoms with Crippen molar-refractivity contribution in [3.63, 3.8) is 0 Å². The van der Waals surface area contributed by atoms with Crippen molar-refractivity contribution >= 4 is 0 Å². The lowest BCUT2D eigenvalue weighted by atomic mass is 9.46. The Morgan fingerprint density at radius 1 is 0.583 bits per heavy atom. The average Bonchev–Trinajstić information content (AvgIpc) is 2.44. The topological polar surface area (TPSA) is 0 Å². The normalized spacial score (nSPS) is 42.1. The van der Waals surface area contributed by atoms with Crippen molar-refractivity contribution in [2.45, 2.75) is 54.4 Å². The largest absolute Gasteiger partial charge is 0.0998 e. The van der Waals surface area contributed by atoms with Crippen molar-refractivity contribution in [1.29, 1.82) is 0 Å². The molecule has 8 atom stereocenters. The van der Waals surface area contributed by atoms with Gasteiger partial charge in [-0.3, -0.25) is 0 Å². The van der Waals surface area contributed by atoms with Crippen LogP contribution in [0.1, 0.15) is 54.4 Å². The molecule has 0 bridgehead atoms. The second-order valence-electron chi connectivity index (χ2n) is 9.23. The molecule has 0 amide bonds. The van der Waals surface area contributed by atoms with E-state index in [1.165, 1.54) is 35.1 Å². The first-order valence-electron chi connectivity index (χ1n) is 9.69. The molecule has 2 aliphatic rings. The molecule has 0 aromatic heterocycles. The fourth-order valence-corrected chi connectivity index (χ4v) is 6.37. The van der Waals surface area contributed by atoms with Gasteiger partial charge in [0.1, 0.15) is 0 Å². The molecule has 0 spiro atoms. The van der Waals surface area contributed by atoms with Crippen LogP contribution in [-0.2, 0) is 0 Å². The fraction of sp³-hybridized carbons (Fsp3) is 0.667. The van der Waals surface area contributed by atoms with Crippen molar-refractivity contribution < 1.29 is 0 Å². The zero-order valence-electron chi connectivity index (χ0n) is 16.9. The van der Waals surface area contributed by atoms with Gasteiger partial charge in [-0.2, -0.15) is 0 Å². The minimum Gasteiger partial charge on any atom is -0.0998 e. The minimum absolute atomic E-state index is 0.599. The highest BCUT2D eigenvalue weighted by molar-refractivity contribution is 5.22. The molecule has 24 heavy (non-hydrogen) atoms. The fourth-order valence-electron chi connectivity index (χ4n) is 6.37. The Balaban J connectivity index is 2.61. The molecule has 0 N–H and O–H groups in total. The van der Waals surface area contributed by atoms with Gasteiger partial charge < -0.3 is 0 Å². The number of allylic oxidation sites excluding steroid dienone is 4. The SMILES string of the molecule is C=C(C)C1CC(C)C(C(=C)C)C2C(C(=C)C)CC(C)C(C(=C)C)C12. The summed E-state index contributed by atoms with van der Waals surface area (Å²) in [5.74, 6) is 5.03. The smallest absolute Gasteiger partial charge is 0.0146 e. The molecule has 0 saturated heterocycles. The van der Waals surface area contributed by atoms with Gasteiger partial charge in [-0.1, -0.05) is 62.5 Å². The van der Waals surface area contributed by atoms with Crippen LogP contribution in [0, 0.1) is 47.3 Å². The van der Waals surface area contributed by atoms with Crippen LogP contribution in [0.3, 0.4) is 0 Å². The Kier molecular flexibility index (Phi) is 5.68. The standard InChI is InChI=1S/C24H38/c1-13(2)19-11-17(9)22(16(7)8)24-20(14(3)4)12-18(10)21(15(5)6)23(19)24/h17-24H,1,3,5,7,11-12H2,2,4,6,8-10H3.